The maximum absolute atomic E-state index is 13.2. The van der Waals surface area contributed by atoms with Gasteiger partial charge in [-0.25, -0.2) is 0 Å². The number of benzene rings is 2. The summed E-state index contributed by atoms with van der Waals surface area (Å²) in [6.45, 7) is 3.95. The van der Waals surface area contributed by atoms with Crippen molar-refractivity contribution in [3.05, 3.63) is 50.9 Å². The zero-order valence-corrected chi connectivity index (χ0v) is 18.9. The Morgan fingerprint density at radius 1 is 0.970 bits per heavy atom. The van der Waals surface area contributed by atoms with Gasteiger partial charge in [0.05, 0.1) is 32.2 Å². The van der Waals surface area contributed by atoms with E-state index in [1.807, 2.05) is 13.8 Å². The molecule has 0 atom stereocenters. The third-order valence-corrected chi connectivity index (χ3v) is 5.80. The minimum Gasteiger partial charge on any atom is -0.493 e. The van der Waals surface area contributed by atoms with E-state index in [0.717, 1.165) is 5.39 Å². The lowest BCUT2D eigenvalue weighted by atomic mass is 10.00. The van der Waals surface area contributed by atoms with Crippen LogP contribution in [0.4, 0.5) is 0 Å². The van der Waals surface area contributed by atoms with E-state index in [0.29, 0.717) is 56.1 Å². The molecule has 0 bridgehead atoms. The fourth-order valence-corrected chi connectivity index (χ4v) is 4.36. The maximum atomic E-state index is 13.2. The van der Waals surface area contributed by atoms with E-state index in [9.17, 15) is 9.59 Å². The largest absolute Gasteiger partial charge is 0.493 e. The quantitative estimate of drug-likeness (QED) is 0.416. The molecule has 170 valence electrons. The number of aromatic nitrogens is 3. The van der Waals surface area contributed by atoms with Crippen molar-refractivity contribution >= 4 is 33.1 Å². The highest BCUT2D eigenvalue weighted by Crippen LogP contribution is 2.48. The highest BCUT2D eigenvalue weighted by molar-refractivity contribution is 6.15. The van der Waals surface area contributed by atoms with Gasteiger partial charge in [-0.3, -0.25) is 19.4 Å². The number of furan rings is 1. The van der Waals surface area contributed by atoms with Crippen molar-refractivity contribution in [3.63, 3.8) is 0 Å². The van der Waals surface area contributed by atoms with Crippen LogP contribution in [0.3, 0.4) is 0 Å². The van der Waals surface area contributed by atoms with Crippen LogP contribution < -0.4 is 25.2 Å². The summed E-state index contributed by atoms with van der Waals surface area (Å²) in [6.07, 6.45) is 0. The van der Waals surface area contributed by atoms with Crippen molar-refractivity contribution < 1.29 is 18.6 Å². The van der Waals surface area contributed by atoms with E-state index in [1.54, 1.807) is 22.9 Å². The zero-order chi connectivity index (χ0) is 23.4. The molecule has 0 aliphatic carbocycles. The predicted octanol–water partition coefficient (Wildman–Crippen LogP) is 4.19. The van der Waals surface area contributed by atoms with Crippen LogP contribution in [-0.4, -0.2) is 36.1 Å². The number of hydrogen-bond donors (Lipinski definition) is 2. The summed E-state index contributed by atoms with van der Waals surface area (Å²) in [5.41, 5.74) is 2.79. The Kier molecular flexibility index (Phi) is 4.70. The average molecular weight is 449 g/mol. The molecule has 3 aromatic heterocycles. The summed E-state index contributed by atoms with van der Waals surface area (Å²) >= 11 is 0. The van der Waals surface area contributed by atoms with Gasteiger partial charge in [-0.2, -0.15) is 0 Å². The Labute approximate surface area is 187 Å². The molecule has 0 aliphatic rings. The molecular formula is C24H23N3O6. The minimum atomic E-state index is -0.284. The molecular weight excluding hydrogens is 426 g/mol. The number of rotatable bonds is 5. The molecule has 2 aromatic carbocycles. The third-order valence-electron chi connectivity index (χ3n) is 5.80. The Morgan fingerprint density at radius 3 is 2.39 bits per heavy atom. The van der Waals surface area contributed by atoms with E-state index in [4.69, 9.17) is 18.6 Å². The average Bonchev–Trinajstić information content (AvgIpc) is 3.33. The number of methoxy groups -OCH3 is 3. The molecule has 9 heteroatoms. The number of ether oxygens (including phenoxy) is 3. The monoisotopic (exact) mass is 449 g/mol. The minimum absolute atomic E-state index is 0.0181. The third kappa shape index (κ3) is 2.92. The first-order valence-corrected chi connectivity index (χ1v) is 10.4. The first-order chi connectivity index (χ1) is 15.9. The fourth-order valence-electron chi connectivity index (χ4n) is 4.36. The maximum Gasteiger partial charge on any atom is 0.274 e. The van der Waals surface area contributed by atoms with Crippen LogP contribution in [0.1, 0.15) is 19.9 Å². The second kappa shape index (κ2) is 7.47. The number of nitrogens with one attached hydrogen (secondary N) is 2. The lowest BCUT2D eigenvalue weighted by Crippen LogP contribution is -2.07. The van der Waals surface area contributed by atoms with Gasteiger partial charge in [-0.1, -0.05) is 0 Å². The molecule has 0 spiro atoms. The number of nitrogens with zero attached hydrogens (tertiary/aromatic N) is 1. The first-order valence-electron chi connectivity index (χ1n) is 10.4. The van der Waals surface area contributed by atoms with Crippen molar-refractivity contribution in [3.8, 4) is 28.4 Å². The number of pyridine rings is 1. The highest BCUT2D eigenvalue weighted by atomic mass is 16.5. The smallest absolute Gasteiger partial charge is 0.274 e. The number of H-pyrrole nitrogens is 2. The molecule has 0 saturated carbocycles. The van der Waals surface area contributed by atoms with Crippen LogP contribution in [0.5, 0.6) is 17.2 Å². The van der Waals surface area contributed by atoms with E-state index in [1.165, 1.54) is 33.5 Å². The standard InChI is InChI=1S/C24H23N3O6/c1-11(2)27-23-18(24(29)26-27)17(14-8-9-15(30-3)21(32-5)20(14)31-4)22-19(25-23)13-7-6-12(28)10-16(13)33-22/h6-11,25H,1-5H3,(H,26,29). The van der Waals surface area contributed by atoms with E-state index in [-0.39, 0.29) is 17.0 Å². The second-order valence-electron chi connectivity index (χ2n) is 7.97. The highest BCUT2D eigenvalue weighted by Gasteiger charge is 2.26. The van der Waals surface area contributed by atoms with Gasteiger partial charge in [0, 0.05) is 28.6 Å². The van der Waals surface area contributed by atoms with Crippen molar-refractivity contribution in [1.82, 2.24) is 14.8 Å². The Balaban J connectivity index is 2.05. The summed E-state index contributed by atoms with van der Waals surface area (Å²) in [5, 5.41) is 4.05. The van der Waals surface area contributed by atoms with Gasteiger partial charge >= 0.3 is 0 Å². The Hall–Kier alpha value is -4.14. The van der Waals surface area contributed by atoms with Crippen molar-refractivity contribution in [2.24, 2.45) is 0 Å². The summed E-state index contributed by atoms with van der Waals surface area (Å²) in [6, 6.07) is 8.16. The van der Waals surface area contributed by atoms with E-state index >= 15 is 0 Å². The van der Waals surface area contributed by atoms with E-state index in [2.05, 4.69) is 10.1 Å². The zero-order valence-electron chi connectivity index (χ0n) is 18.9. The number of aromatic amines is 2. The molecule has 0 amide bonds. The van der Waals surface area contributed by atoms with Crippen LogP contribution in [-0.2, 0) is 0 Å². The topological polar surface area (TPSA) is 111 Å². The molecule has 33 heavy (non-hydrogen) atoms. The predicted molar refractivity (Wildman–Crippen MR) is 126 cm³/mol. The van der Waals surface area contributed by atoms with Crippen LogP contribution in [0, 0.1) is 0 Å². The lowest BCUT2D eigenvalue weighted by molar-refractivity contribution is 0.325. The molecule has 3 heterocycles. The summed E-state index contributed by atoms with van der Waals surface area (Å²) in [7, 11) is 4.58. The molecule has 0 saturated heterocycles. The first kappa shape index (κ1) is 20.7. The van der Waals surface area contributed by atoms with Crippen molar-refractivity contribution in [2.45, 2.75) is 19.9 Å². The lowest BCUT2D eigenvalue weighted by Gasteiger charge is -2.16. The van der Waals surface area contributed by atoms with Gasteiger partial charge in [0.15, 0.2) is 22.5 Å². The van der Waals surface area contributed by atoms with Gasteiger partial charge in [-0.05, 0) is 38.1 Å². The molecule has 0 unspecified atom stereocenters. The molecule has 5 aromatic rings. The van der Waals surface area contributed by atoms with Crippen molar-refractivity contribution in [2.75, 3.05) is 21.3 Å². The Bertz CT molecular complexity index is 1650. The molecule has 9 nitrogen and oxygen atoms in total. The van der Waals surface area contributed by atoms with Crippen LogP contribution in [0.15, 0.2) is 44.3 Å². The van der Waals surface area contributed by atoms with Gasteiger partial charge in [0.2, 0.25) is 5.75 Å². The fraction of sp³-hybridized carbons (Fsp3) is 0.250. The van der Waals surface area contributed by atoms with Gasteiger partial charge in [0.1, 0.15) is 11.2 Å². The molecule has 0 radical (unpaired) electrons. The summed E-state index contributed by atoms with van der Waals surface area (Å²) in [5.74, 6) is 1.28. The SMILES string of the molecule is COc1ccc(-c2c3oc4cc(=O)ccc4c3[nH]c3c2c(=O)[nH]n3C(C)C)c(OC)c1OC. The van der Waals surface area contributed by atoms with E-state index < -0.39 is 0 Å². The van der Waals surface area contributed by atoms with Crippen LogP contribution in [0.25, 0.3) is 44.2 Å². The normalized spacial score (nSPS) is 11.7. The second-order valence-corrected chi connectivity index (χ2v) is 7.97. The van der Waals surface area contributed by atoms with Gasteiger partial charge in [0.25, 0.3) is 5.56 Å². The van der Waals surface area contributed by atoms with Crippen molar-refractivity contribution in [1.29, 1.82) is 0 Å². The number of fused-ring (bicyclic) bond motifs is 4. The van der Waals surface area contributed by atoms with Gasteiger partial charge in [-0.15, -0.1) is 0 Å². The molecule has 5 rings (SSSR count). The molecule has 2 N–H and O–H groups in total. The van der Waals surface area contributed by atoms with Crippen LogP contribution >= 0.6 is 0 Å². The summed E-state index contributed by atoms with van der Waals surface area (Å²) < 4.78 is 24.7. The van der Waals surface area contributed by atoms with Crippen LogP contribution in [0.2, 0.25) is 0 Å². The number of hydrogen-bond acceptors (Lipinski definition) is 6. The molecule has 0 aliphatic heterocycles. The molecule has 0 fully saturated rings. The Morgan fingerprint density at radius 2 is 1.73 bits per heavy atom. The van der Waals surface area contributed by atoms with Gasteiger partial charge < -0.3 is 23.6 Å². The summed E-state index contributed by atoms with van der Waals surface area (Å²) in [4.78, 5) is 28.5.